The Morgan fingerprint density at radius 3 is 1.60 bits per heavy atom. The molecule has 0 amide bonds. The van der Waals surface area contributed by atoms with Gasteiger partial charge in [-0.05, 0) is 17.5 Å². The van der Waals surface area contributed by atoms with Crippen molar-refractivity contribution in [3.8, 4) is 34.3 Å². The van der Waals surface area contributed by atoms with Crippen LogP contribution in [0.15, 0.2) is 133 Å². The largest absolute Gasteiger partial charge is 0.244 e. The molecule has 43 heavy (non-hydrogen) atoms. The van der Waals surface area contributed by atoms with E-state index in [1.54, 1.807) is 0 Å². The van der Waals surface area contributed by atoms with Crippen molar-refractivity contribution in [2.75, 3.05) is 0 Å². The predicted octanol–water partition coefficient (Wildman–Crippen LogP) is 10.1. The minimum Gasteiger partial charge on any atom is -0.244 e. The Morgan fingerprint density at radius 2 is 0.907 bits per heavy atom. The van der Waals surface area contributed by atoms with Gasteiger partial charge in [0.25, 0.3) is 0 Å². The summed E-state index contributed by atoms with van der Waals surface area (Å²) in [4.78, 5) is 20.5. The molecule has 0 aliphatic carbocycles. The van der Waals surface area contributed by atoms with E-state index in [1.165, 1.54) is 30.9 Å². The maximum absolute atomic E-state index is 5.32. The smallest absolute Gasteiger partial charge is 0.183 e. The highest BCUT2D eigenvalue weighted by atomic mass is 32.1. The summed E-state index contributed by atoms with van der Waals surface area (Å²) in [6.07, 6.45) is 0. The highest BCUT2D eigenvalue weighted by Gasteiger charge is 2.22. The molecular weight excluding hydrogens is 545 g/mol. The molecule has 9 aromatic rings. The first kappa shape index (κ1) is 24.1. The maximum atomic E-state index is 5.32. The zero-order valence-electron chi connectivity index (χ0n) is 22.9. The van der Waals surface area contributed by atoms with Crippen LogP contribution in [0.3, 0.4) is 0 Å². The predicted molar refractivity (Wildman–Crippen MR) is 179 cm³/mol. The van der Waals surface area contributed by atoms with Gasteiger partial charge in [0.05, 0.1) is 5.52 Å². The van der Waals surface area contributed by atoms with Gasteiger partial charge >= 0.3 is 0 Å². The van der Waals surface area contributed by atoms with E-state index < -0.39 is 0 Å². The summed E-state index contributed by atoms with van der Waals surface area (Å²) in [5, 5.41) is 8.25. The van der Waals surface area contributed by atoms with Gasteiger partial charge in [-0.2, -0.15) is 0 Å². The number of thiophene rings is 1. The van der Waals surface area contributed by atoms with E-state index in [2.05, 4.69) is 66.7 Å². The molecule has 0 saturated carbocycles. The minimum absolute atomic E-state index is 0.562. The highest BCUT2D eigenvalue weighted by Crippen LogP contribution is 2.47. The van der Waals surface area contributed by atoms with Crippen molar-refractivity contribution in [1.82, 2.24) is 19.9 Å². The van der Waals surface area contributed by atoms with Gasteiger partial charge in [-0.3, -0.25) is 0 Å². The third kappa shape index (κ3) is 3.75. The monoisotopic (exact) mass is 566 g/mol. The molecule has 0 unspecified atom stereocenters. The summed E-state index contributed by atoms with van der Waals surface area (Å²) >= 11 is 1.85. The van der Waals surface area contributed by atoms with Gasteiger partial charge in [-0.15, -0.1) is 11.3 Å². The Morgan fingerprint density at radius 1 is 0.372 bits per heavy atom. The molecule has 0 N–H and O–H groups in total. The lowest BCUT2D eigenvalue weighted by Crippen LogP contribution is -2.02. The van der Waals surface area contributed by atoms with Gasteiger partial charge in [0, 0.05) is 52.8 Å². The Kier molecular flexibility index (Phi) is 5.33. The zero-order valence-corrected chi connectivity index (χ0v) is 23.7. The van der Waals surface area contributed by atoms with E-state index in [0.717, 1.165) is 38.5 Å². The topological polar surface area (TPSA) is 51.6 Å². The Balaban J connectivity index is 1.50. The molecule has 5 heteroatoms. The van der Waals surface area contributed by atoms with Crippen molar-refractivity contribution in [3.05, 3.63) is 133 Å². The van der Waals surface area contributed by atoms with Crippen molar-refractivity contribution in [3.63, 3.8) is 0 Å². The van der Waals surface area contributed by atoms with Gasteiger partial charge < -0.3 is 0 Å². The van der Waals surface area contributed by atoms with Crippen molar-refractivity contribution >= 4 is 64.0 Å². The van der Waals surface area contributed by atoms with Crippen LogP contribution in [0.2, 0.25) is 0 Å². The van der Waals surface area contributed by atoms with E-state index >= 15 is 0 Å². The molecule has 3 heterocycles. The molecule has 3 aromatic heterocycles. The van der Waals surface area contributed by atoms with Crippen LogP contribution >= 0.6 is 11.3 Å². The fourth-order valence-electron chi connectivity index (χ4n) is 6.19. The van der Waals surface area contributed by atoms with Gasteiger partial charge in [0.1, 0.15) is 5.69 Å². The molecule has 0 atom stereocenters. The number of hydrogen-bond acceptors (Lipinski definition) is 5. The SMILES string of the molecule is c1ccc(-c2nc(-c3ccccc3)nc(-c3nc4ccccc4c4c3c3ccccc3c3sc5ccccc5c34)n2)cc1. The number of fused-ring (bicyclic) bond motifs is 10. The second kappa shape index (κ2) is 9.51. The molecule has 9 rings (SSSR count). The van der Waals surface area contributed by atoms with Crippen molar-refractivity contribution < 1.29 is 0 Å². The lowest BCUT2D eigenvalue weighted by atomic mass is 9.93. The summed E-state index contributed by atoms with van der Waals surface area (Å²) < 4.78 is 2.56. The molecule has 0 radical (unpaired) electrons. The average molecular weight is 567 g/mol. The molecule has 200 valence electrons. The molecule has 0 saturated heterocycles. The number of benzene rings is 6. The summed E-state index contributed by atoms with van der Waals surface area (Å²) in [5.41, 5.74) is 3.55. The summed E-state index contributed by atoms with van der Waals surface area (Å²) in [6, 6.07) is 46.0. The van der Waals surface area contributed by atoms with Crippen LogP contribution in [0.25, 0.3) is 86.9 Å². The number of para-hydroxylation sites is 1. The minimum atomic E-state index is 0.562. The Labute approximate surface area is 251 Å². The van der Waals surface area contributed by atoms with Gasteiger partial charge in [0.15, 0.2) is 17.5 Å². The van der Waals surface area contributed by atoms with Crippen LogP contribution in [0.1, 0.15) is 0 Å². The molecule has 0 aliphatic heterocycles. The van der Waals surface area contributed by atoms with E-state index in [0.29, 0.717) is 17.5 Å². The molecular formula is C38H22N4S. The number of rotatable bonds is 3. The first-order valence-corrected chi connectivity index (χ1v) is 15.1. The van der Waals surface area contributed by atoms with E-state index in [1.807, 2.05) is 78.1 Å². The molecule has 0 spiro atoms. The van der Waals surface area contributed by atoms with Crippen LogP contribution in [0.5, 0.6) is 0 Å². The van der Waals surface area contributed by atoms with Crippen LogP contribution in [0.4, 0.5) is 0 Å². The molecule has 0 aliphatic rings. The van der Waals surface area contributed by atoms with Gasteiger partial charge in [-0.25, -0.2) is 19.9 Å². The van der Waals surface area contributed by atoms with E-state index in [9.17, 15) is 0 Å². The molecule has 0 fully saturated rings. The van der Waals surface area contributed by atoms with Gasteiger partial charge in [0.2, 0.25) is 0 Å². The van der Waals surface area contributed by atoms with E-state index in [-0.39, 0.29) is 0 Å². The maximum Gasteiger partial charge on any atom is 0.183 e. The number of hydrogen-bond donors (Lipinski definition) is 0. The Hall–Kier alpha value is -5.52. The van der Waals surface area contributed by atoms with Crippen molar-refractivity contribution in [2.24, 2.45) is 0 Å². The summed E-state index contributed by atoms with van der Waals surface area (Å²) in [5.74, 6) is 1.81. The lowest BCUT2D eigenvalue weighted by molar-refractivity contribution is 1.07. The zero-order chi connectivity index (χ0) is 28.3. The van der Waals surface area contributed by atoms with Crippen LogP contribution in [0, 0.1) is 0 Å². The summed E-state index contributed by atoms with van der Waals surface area (Å²) in [6.45, 7) is 0. The molecule has 6 aromatic carbocycles. The fraction of sp³-hybridized carbons (Fsp3) is 0. The quantitative estimate of drug-likeness (QED) is 0.200. The van der Waals surface area contributed by atoms with Crippen LogP contribution < -0.4 is 0 Å². The molecule has 0 bridgehead atoms. The Bertz CT molecular complexity index is 2450. The van der Waals surface area contributed by atoms with E-state index in [4.69, 9.17) is 19.9 Å². The van der Waals surface area contributed by atoms with Crippen molar-refractivity contribution in [2.45, 2.75) is 0 Å². The highest BCUT2D eigenvalue weighted by molar-refractivity contribution is 7.27. The number of pyridine rings is 1. The second-order valence-electron chi connectivity index (χ2n) is 10.6. The third-order valence-corrected chi connectivity index (χ3v) is 9.29. The van der Waals surface area contributed by atoms with Gasteiger partial charge in [-0.1, -0.05) is 121 Å². The number of aromatic nitrogens is 4. The third-order valence-electron chi connectivity index (χ3n) is 8.09. The standard InChI is InChI=1S/C38H22N4S/c1-3-13-23(14-4-1)36-40-37(24-15-5-2-6-16-24)42-38(41-36)34-32-25-17-7-8-18-26(25)35-33(28-20-10-12-22-30(28)43-35)31(32)27-19-9-11-21-29(27)39-34/h1-22H. The first-order valence-electron chi connectivity index (χ1n) is 14.3. The average Bonchev–Trinajstić information content (AvgIpc) is 3.48. The fourth-order valence-corrected chi connectivity index (χ4v) is 7.44. The second-order valence-corrected chi connectivity index (χ2v) is 11.7. The molecule has 4 nitrogen and oxygen atoms in total. The summed E-state index contributed by atoms with van der Waals surface area (Å²) in [7, 11) is 0. The normalized spacial score (nSPS) is 11.7. The number of nitrogens with zero attached hydrogens (tertiary/aromatic N) is 4. The van der Waals surface area contributed by atoms with Crippen molar-refractivity contribution in [1.29, 1.82) is 0 Å². The van der Waals surface area contributed by atoms with Crippen LogP contribution in [-0.2, 0) is 0 Å². The van der Waals surface area contributed by atoms with Crippen LogP contribution in [-0.4, -0.2) is 19.9 Å². The lowest BCUT2D eigenvalue weighted by Gasteiger charge is -2.15. The first-order chi connectivity index (χ1) is 21.3.